The molecule has 3 N–H and O–H groups in total. The maximum Gasteiger partial charge on any atom is 0.332 e. The van der Waals surface area contributed by atoms with E-state index in [9.17, 15) is 10.1 Å². The van der Waals surface area contributed by atoms with Crippen molar-refractivity contribution in [3.8, 4) is 0 Å². The van der Waals surface area contributed by atoms with Gasteiger partial charge in [0.15, 0.2) is 0 Å². The van der Waals surface area contributed by atoms with Crippen LogP contribution in [-0.2, 0) is 4.74 Å². The fourth-order valence-electron chi connectivity index (χ4n) is 2.24. The standard InChI is InChI=1S/C11H18N6O3/c1-7-6-16(4-3-5-20-7)10-9(17(18)19)8(2)13-11(14-10)15-12/h7H,3-6,12H2,1-2H3,(H,13,14,15). The molecule has 2 heterocycles. The molecule has 9 nitrogen and oxygen atoms in total. The Kier molecular flexibility index (Phi) is 4.30. The first-order chi connectivity index (χ1) is 9.52. The normalized spacial score (nSPS) is 19.6. The van der Waals surface area contributed by atoms with Gasteiger partial charge in [0.1, 0.15) is 5.69 Å². The molecule has 1 aliphatic heterocycles. The number of anilines is 2. The SMILES string of the molecule is Cc1nc(NN)nc(N2CCCOC(C)C2)c1[N+](=O)[O-]. The van der Waals surface area contributed by atoms with Crippen molar-refractivity contribution in [2.75, 3.05) is 30.0 Å². The Morgan fingerprint density at radius 3 is 2.95 bits per heavy atom. The zero-order chi connectivity index (χ0) is 14.7. The third-order valence-electron chi connectivity index (χ3n) is 3.10. The van der Waals surface area contributed by atoms with E-state index in [-0.39, 0.29) is 29.3 Å². The van der Waals surface area contributed by atoms with Gasteiger partial charge in [-0.1, -0.05) is 0 Å². The lowest BCUT2D eigenvalue weighted by Gasteiger charge is -2.23. The van der Waals surface area contributed by atoms with Crippen LogP contribution in [0.1, 0.15) is 19.0 Å². The molecule has 9 heteroatoms. The van der Waals surface area contributed by atoms with Crippen LogP contribution in [0.5, 0.6) is 0 Å². The van der Waals surface area contributed by atoms with Crippen LogP contribution in [0, 0.1) is 17.0 Å². The molecule has 1 aromatic heterocycles. The maximum atomic E-state index is 11.3. The molecule has 1 atom stereocenters. The van der Waals surface area contributed by atoms with Gasteiger partial charge in [-0.3, -0.25) is 15.5 Å². The highest BCUT2D eigenvalue weighted by atomic mass is 16.6. The summed E-state index contributed by atoms with van der Waals surface area (Å²) in [6.07, 6.45) is 0.775. The van der Waals surface area contributed by atoms with E-state index >= 15 is 0 Å². The molecule has 1 saturated heterocycles. The molecule has 1 aliphatic rings. The van der Waals surface area contributed by atoms with E-state index < -0.39 is 4.92 Å². The first-order valence-electron chi connectivity index (χ1n) is 6.39. The van der Waals surface area contributed by atoms with E-state index in [1.165, 1.54) is 0 Å². The van der Waals surface area contributed by atoms with E-state index in [2.05, 4.69) is 15.4 Å². The largest absolute Gasteiger partial charge is 0.377 e. The molecule has 1 fully saturated rings. The average Bonchev–Trinajstić information content (AvgIpc) is 2.61. The lowest BCUT2D eigenvalue weighted by molar-refractivity contribution is -0.385. The number of nitrogens with zero attached hydrogens (tertiary/aromatic N) is 4. The lowest BCUT2D eigenvalue weighted by atomic mass is 10.3. The van der Waals surface area contributed by atoms with Crippen LogP contribution in [0.2, 0.25) is 0 Å². The van der Waals surface area contributed by atoms with Crippen LogP contribution in [0.25, 0.3) is 0 Å². The number of nitrogens with one attached hydrogen (secondary N) is 1. The van der Waals surface area contributed by atoms with Gasteiger partial charge in [0, 0.05) is 19.7 Å². The average molecular weight is 282 g/mol. The number of nitro groups is 1. The number of aryl methyl sites for hydroxylation is 1. The summed E-state index contributed by atoms with van der Waals surface area (Å²) in [5.41, 5.74) is 2.54. The zero-order valence-corrected chi connectivity index (χ0v) is 11.5. The van der Waals surface area contributed by atoms with Crippen molar-refractivity contribution < 1.29 is 9.66 Å². The van der Waals surface area contributed by atoms with Crippen LogP contribution in [-0.4, -0.2) is 40.7 Å². The monoisotopic (exact) mass is 282 g/mol. The second-order valence-electron chi connectivity index (χ2n) is 4.69. The van der Waals surface area contributed by atoms with Gasteiger partial charge in [-0.2, -0.15) is 4.98 Å². The first kappa shape index (κ1) is 14.4. The van der Waals surface area contributed by atoms with Crippen molar-refractivity contribution in [3.63, 3.8) is 0 Å². The minimum atomic E-state index is -0.457. The third-order valence-corrected chi connectivity index (χ3v) is 3.10. The van der Waals surface area contributed by atoms with Gasteiger partial charge < -0.3 is 9.64 Å². The van der Waals surface area contributed by atoms with Gasteiger partial charge >= 0.3 is 5.69 Å². The summed E-state index contributed by atoms with van der Waals surface area (Å²) in [5.74, 6) is 5.77. The molecule has 0 radical (unpaired) electrons. The maximum absolute atomic E-state index is 11.3. The lowest BCUT2D eigenvalue weighted by Crippen LogP contribution is -2.32. The number of hydrogen-bond acceptors (Lipinski definition) is 8. The molecule has 0 saturated carbocycles. The van der Waals surface area contributed by atoms with Crippen molar-refractivity contribution >= 4 is 17.5 Å². The predicted molar refractivity (Wildman–Crippen MR) is 73.5 cm³/mol. The molecule has 1 unspecified atom stereocenters. The second-order valence-corrected chi connectivity index (χ2v) is 4.69. The molecule has 0 bridgehead atoms. The summed E-state index contributed by atoms with van der Waals surface area (Å²) >= 11 is 0. The van der Waals surface area contributed by atoms with Crippen molar-refractivity contribution in [2.45, 2.75) is 26.4 Å². The number of aromatic nitrogens is 2. The summed E-state index contributed by atoms with van der Waals surface area (Å²) < 4.78 is 5.55. The van der Waals surface area contributed by atoms with Gasteiger partial charge in [-0.25, -0.2) is 10.8 Å². The summed E-state index contributed by atoms with van der Waals surface area (Å²) in [6, 6.07) is 0. The quantitative estimate of drug-likeness (QED) is 0.469. The fourth-order valence-corrected chi connectivity index (χ4v) is 2.24. The Hall–Kier alpha value is -2.00. The predicted octanol–water partition coefficient (Wildman–Crippen LogP) is 0.594. The molecule has 110 valence electrons. The van der Waals surface area contributed by atoms with Crippen molar-refractivity contribution in [2.24, 2.45) is 5.84 Å². The topological polar surface area (TPSA) is 119 Å². The fraction of sp³-hybridized carbons (Fsp3) is 0.636. The third kappa shape index (κ3) is 2.94. The van der Waals surface area contributed by atoms with Crippen LogP contribution in [0.3, 0.4) is 0 Å². The Bertz CT molecular complexity index is 509. The van der Waals surface area contributed by atoms with Gasteiger partial charge in [-0.05, 0) is 20.3 Å². The number of ether oxygens (including phenoxy) is 1. The Balaban J connectivity index is 2.46. The van der Waals surface area contributed by atoms with E-state index in [4.69, 9.17) is 10.6 Å². The van der Waals surface area contributed by atoms with Crippen LogP contribution in [0.15, 0.2) is 0 Å². The molecule has 0 amide bonds. The molecule has 20 heavy (non-hydrogen) atoms. The van der Waals surface area contributed by atoms with Crippen molar-refractivity contribution in [1.29, 1.82) is 0 Å². The van der Waals surface area contributed by atoms with E-state index in [1.807, 2.05) is 11.8 Å². The molecule has 0 aromatic carbocycles. The van der Waals surface area contributed by atoms with Crippen molar-refractivity contribution in [1.82, 2.24) is 9.97 Å². The number of nitrogen functional groups attached to an aromatic ring is 1. The summed E-state index contributed by atoms with van der Waals surface area (Å²) in [7, 11) is 0. The van der Waals surface area contributed by atoms with Crippen LogP contribution in [0.4, 0.5) is 17.5 Å². The number of hydrogen-bond donors (Lipinski definition) is 2. The van der Waals surface area contributed by atoms with Gasteiger partial charge in [-0.15, -0.1) is 0 Å². The Morgan fingerprint density at radius 1 is 1.55 bits per heavy atom. The van der Waals surface area contributed by atoms with E-state index in [1.54, 1.807) is 6.92 Å². The van der Waals surface area contributed by atoms with Crippen LogP contribution < -0.4 is 16.2 Å². The highest BCUT2D eigenvalue weighted by Gasteiger charge is 2.28. The van der Waals surface area contributed by atoms with Gasteiger partial charge in [0.05, 0.1) is 11.0 Å². The molecule has 1 aromatic rings. The molecule has 2 rings (SSSR count). The number of hydrazine groups is 1. The smallest absolute Gasteiger partial charge is 0.332 e. The number of nitrogens with two attached hydrogens (primary N) is 1. The van der Waals surface area contributed by atoms with E-state index in [0.29, 0.717) is 19.7 Å². The minimum Gasteiger partial charge on any atom is -0.377 e. The summed E-state index contributed by atoms with van der Waals surface area (Å²) in [4.78, 5) is 20.8. The summed E-state index contributed by atoms with van der Waals surface area (Å²) in [5, 5.41) is 11.3. The van der Waals surface area contributed by atoms with Gasteiger partial charge in [0.2, 0.25) is 11.8 Å². The molecule has 0 aliphatic carbocycles. The number of rotatable bonds is 3. The Morgan fingerprint density at radius 2 is 2.30 bits per heavy atom. The minimum absolute atomic E-state index is 0.0124. The molecular weight excluding hydrogens is 264 g/mol. The highest BCUT2D eigenvalue weighted by Crippen LogP contribution is 2.30. The highest BCUT2D eigenvalue weighted by molar-refractivity contribution is 5.62. The van der Waals surface area contributed by atoms with Gasteiger partial charge in [0.25, 0.3) is 0 Å². The second kappa shape index (κ2) is 5.97. The molecular formula is C11H18N6O3. The first-order valence-corrected chi connectivity index (χ1v) is 6.39. The van der Waals surface area contributed by atoms with Crippen LogP contribution >= 0.6 is 0 Å². The zero-order valence-electron chi connectivity index (χ0n) is 11.5. The molecule has 0 spiro atoms. The summed E-state index contributed by atoms with van der Waals surface area (Å²) in [6.45, 7) is 5.33. The van der Waals surface area contributed by atoms with Crippen molar-refractivity contribution in [3.05, 3.63) is 15.8 Å². The van der Waals surface area contributed by atoms with E-state index in [0.717, 1.165) is 6.42 Å². The Labute approximate surface area is 116 Å².